The van der Waals surface area contributed by atoms with Crippen molar-refractivity contribution in [3.63, 3.8) is 0 Å². The Kier molecular flexibility index (Phi) is 6.74. The number of benzene rings is 3. The van der Waals surface area contributed by atoms with Gasteiger partial charge in [0.2, 0.25) is 0 Å². The molecule has 2 aromatic heterocycles. The van der Waals surface area contributed by atoms with E-state index in [1.165, 1.54) is 5.56 Å². The molecule has 0 aliphatic carbocycles. The normalized spacial score (nSPS) is 16.7. The number of rotatable bonds is 6. The fourth-order valence-corrected chi connectivity index (χ4v) is 5.82. The van der Waals surface area contributed by atoms with Crippen LogP contribution in [0.3, 0.4) is 0 Å². The number of phenolic OH excluding ortho intramolecular Hbond substituents is 1. The van der Waals surface area contributed by atoms with Crippen molar-refractivity contribution in [3.8, 4) is 22.9 Å². The van der Waals surface area contributed by atoms with Gasteiger partial charge >= 0.3 is 0 Å². The summed E-state index contributed by atoms with van der Waals surface area (Å²) < 4.78 is 8.17. The lowest BCUT2D eigenvalue weighted by Gasteiger charge is -2.28. The molecule has 1 aliphatic rings. The fourth-order valence-electron chi connectivity index (χ4n) is 5.48. The molecular formula is C33H30N4O2S. The first-order chi connectivity index (χ1) is 19.4. The summed E-state index contributed by atoms with van der Waals surface area (Å²) >= 11 is 5.93. The molecule has 0 saturated carbocycles. The lowest BCUT2D eigenvalue weighted by molar-refractivity contribution is 0.471. The number of pyridine rings is 1. The van der Waals surface area contributed by atoms with Crippen molar-refractivity contribution >= 4 is 23.0 Å². The Morgan fingerprint density at radius 3 is 2.20 bits per heavy atom. The number of nitrogens with zero attached hydrogens (tertiary/aromatic N) is 3. The third-order valence-electron chi connectivity index (χ3n) is 7.38. The van der Waals surface area contributed by atoms with Crippen molar-refractivity contribution < 1.29 is 9.84 Å². The Morgan fingerprint density at radius 1 is 0.850 bits per heavy atom. The van der Waals surface area contributed by atoms with Crippen LogP contribution < -0.4 is 15.0 Å². The lowest BCUT2D eigenvalue weighted by atomic mass is 9.96. The molecule has 0 bridgehead atoms. The second-order valence-corrected chi connectivity index (χ2v) is 10.4. The number of aryl methyl sites for hydroxylation is 2. The average Bonchev–Trinajstić information content (AvgIpc) is 3.46. The third-order valence-corrected chi connectivity index (χ3v) is 7.70. The van der Waals surface area contributed by atoms with Gasteiger partial charge in [-0.15, -0.1) is 0 Å². The van der Waals surface area contributed by atoms with E-state index < -0.39 is 0 Å². The molecule has 7 heteroatoms. The third kappa shape index (κ3) is 4.69. The van der Waals surface area contributed by atoms with Gasteiger partial charge in [-0.3, -0.25) is 4.98 Å². The van der Waals surface area contributed by atoms with Gasteiger partial charge < -0.3 is 24.6 Å². The van der Waals surface area contributed by atoms with Crippen LogP contribution in [0.5, 0.6) is 17.2 Å². The van der Waals surface area contributed by atoms with Crippen LogP contribution >= 0.6 is 12.2 Å². The zero-order chi connectivity index (χ0) is 27.8. The van der Waals surface area contributed by atoms with E-state index in [1.807, 2.05) is 91.1 Å². The molecule has 1 saturated heterocycles. The molecule has 0 unspecified atom stereocenters. The molecule has 3 heterocycles. The molecule has 0 amide bonds. The minimum absolute atomic E-state index is 0.169. The Labute approximate surface area is 239 Å². The Morgan fingerprint density at radius 2 is 1.52 bits per heavy atom. The molecule has 3 aromatic carbocycles. The van der Waals surface area contributed by atoms with E-state index in [9.17, 15) is 5.11 Å². The Balaban J connectivity index is 1.41. The zero-order valence-electron chi connectivity index (χ0n) is 22.6. The molecular weight excluding hydrogens is 516 g/mol. The number of para-hydroxylation sites is 2. The number of phenols is 1. The van der Waals surface area contributed by atoms with Crippen molar-refractivity contribution in [2.45, 2.75) is 32.9 Å². The highest BCUT2D eigenvalue weighted by molar-refractivity contribution is 7.80. The summed E-state index contributed by atoms with van der Waals surface area (Å²) in [7, 11) is 0. The quantitative estimate of drug-likeness (QED) is 0.215. The van der Waals surface area contributed by atoms with Crippen LogP contribution in [0.4, 0.5) is 5.69 Å². The number of thiocarbonyl (C=S) groups is 1. The van der Waals surface area contributed by atoms with Crippen LogP contribution in [0.2, 0.25) is 0 Å². The van der Waals surface area contributed by atoms with Crippen LogP contribution in [-0.4, -0.2) is 19.8 Å². The Hall–Kier alpha value is -4.62. The minimum Gasteiger partial charge on any atom is -0.506 e. The highest BCUT2D eigenvalue weighted by Gasteiger charge is 2.42. The summed E-state index contributed by atoms with van der Waals surface area (Å²) in [4.78, 5) is 6.84. The van der Waals surface area contributed by atoms with Gasteiger partial charge in [-0.25, -0.2) is 0 Å². The molecule has 200 valence electrons. The highest BCUT2D eigenvalue weighted by Crippen LogP contribution is 2.44. The second-order valence-electron chi connectivity index (χ2n) is 10.1. The average molecular weight is 547 g/mol. The van der Waals surface area contributed by atoms with E-state index in [0.717, 1.165) is 45.5 Å². The number of ether oxygens (including phenoxy) is 1. The monoisotopic (exact) mass is 546 g/mol. The van der Waals surface area contributed by atoms with E-state index >= 15 is 0 Å². The van der Waals surface area contributed by atoms with Crippen LogP contribution in [0.25, 0.3) is 5.69 Å². The van der Waals surface area contributed by atoms with Gasteiger partial charge in [-0.05, 0) is 105 Å². The van der Waals surface area contributed by atoms with Gasteiger partial charge in [0.05, 0.1) is 23.5 Å². The molecule has 6 nitrogen and oxygen atoms in total. The molecule has 0 radical (unpaired) electrons. The SMILES string of the molecule is Cc1ccc(Oc2ccc(N3C(=S)N[C@H](c4ccccn4)[C@@H]3c3cc(C)n(-c4ccccc4O)c3C)cc2)cc1. The topological polar surface area (TPSA) is 62.5 Å². The molecule has 2 atom stereocenters. The van der Waals surface area contributed by atoms with Crippen LogP contribution in [0, 0.1) is 20.8 Å². The fraction of sp³-hybridized carbons (Fsp3) is 0.152. The number of hydrogen-bond donors (Lipinski definition) is 2. The number of aromatic hydroxyl groups is 1. The van der Waals surface area contributed by atoms with Crippen LogP contribution in [0.15, 0.2) is 103 Å². The number of anilines is 1. The van der Waals surface area contributed by atoms with Crippen molar-refractivity contribution in [1.29, 1.82) is 0 Å². The molecule has 0 spiro atoms. The van der Waals surface area contributed by atoms with Crippen LogP contribution in [-0.2, 0) is 0 Å². The number of nitrogens with one attached hydrogen (secondary N) is 1. The summed E-state index contributed by atoms with van der Waals surface area (Å²) in [5.74, 6) is 1.78. The van der Waals surface area contributed by atoms with Gasteiger partial charge in [0, 0.05) is 23.3 Å². The predicted octanol–water partition coefficient (Wildman–Crippen LogP) is 7.47. The van der Waals surface area contributed by atoms with Gasteiger partial charge in [0.1, 0.15) is 17.2 Å². The van der Waals surface area contributed by atoms with E-state index in [1.54, 1.807) is 6.07 Å². The summed E-state index contributed by atoms with van der Waals surface area (Å²) in [6.07, 6.45) is 1.81. The number of aromatic nitrogens is 2. The van der Waals surface area contributed by atoms with E-state index in [4.69, 9.17) is 17.0 Å². The number of hydrogen-bond acceptors (Lipinski definition) is 4. The van der Waals surface area contributed by atoms with Crippen molar-refractivity contribution in [3.05, 3.63) is 131 Å². The first-order valence-electron chi connectivity index (χ1n) is 13.2. The van der Waals surface area contributed by atoms with E-state index in [-0.39, 0.29) is 17.8 Å². The van der Waals surface area contributed by atoms with Gasteiger partial charge in [0.25, 0.3) is 0 Å². The minimum atomic E-state index is -0.171. The van der Waals surface area contributed by atoms with Crippen molar-refractivity contribution in [2.75, 3.05) is 4.90 Å². The predicted molar refractivity (Wildman–Crippen MR) is 163 cm³/mol. The van der Waals surface area contributed by atoms with Gasteiger partial charge in [-0.1, -0.05) is 35.9 Å². The van der Waals surface area contributed by atoms with Crippen molar-refractivity contribution in [1.82, 2.24) is 14.9 Å². The molecule has 40 heavy (non-hydrogen) atoms. The lowest BCUT2D eigenvalue weighted by Crippen LogP contribution is -2.29. The molecule has 5 aromatic rings. The largest absolute Gasteiger partial charge is 0.506 e. The van der Waals surface area contributed by atoms with E-state index in [0.29, 0.717) is 5.11 Å². The van der Waals surface area contributed by atoms with Gasteiger partial charge in [0.15, 0.2) is 5.11 Å². The first-order valence-corrected chi connectivity index (χ1v) is 13.6. The summed E-state index contributed by atoms with van der Waals surface area (Å²) in [6.45, 7) is 6.20. The summed E-state index contributed by atoms with van der Waals surface area (Å²) in [6, 6.07) is 31.2. The van der Waals surface area contributed by atoms with E-state index in [2.05, 4.69) is 46.6 Å². The zero-order valence-corrected chi connectivity index (χ0v) is 23.4. The standard InChI is InChI=1S/C33H30N4O2S/c1-21-11-15-25(16-12-21)39-26-17-13-24(14-18-26)37-32(31(35-33(37)40)28-8-6-7-19-34-28)27-20-22(2)36(23(27)3)29-9-4-5-10-30(29)38/h4-20,31-32,38H,1-3H3,(H,35,40)/t31-,32+/m1/s1. The first kappa shape index (κ1) is 25.6. The Bertz CT molecular complexity index is 1660. The summed E-state index contributed by atoms with van der Waals surface area (Å²) in [5, 5.41) is 14.8. The maximum absolute atomic E-state index is 10.6. The van der Waals surface area contributed by atoms with Gasteiger partial charge in [-0.2, -0.15) is 0 Å². The summed E-state index contributed by atoms with van der Waals surface area (Å²) in [5.41, 5.74) is 6.94. The molecule has 2 N–H and O–H groups in total. The van der Waals surface area contributed by atoms with Crippen LogP contribution in [0.1, 0.15) is 40.3 Å². The molecule has 6 rings (SSSR count). The second kappa shape index (κ2) is 10.5. The maximum Gasteiger partial charge on any atom is 0.174 e. The maximum atomic E-state index is 10.6. The smallest absolute Gasteiger partial charge is 0.174 e. The molecule has 1 fully saturated rings. The van der Waals surface area contributed by atoms with Crippen molar-refractivity contribution in [2.24, 2.45) is 0 Å². The molecule has 1 aliphatic heterocycles. The highest BCUT2D eigenvalue weighted by atomic mass is 32.1.